The fourth-order valence-electron chi connectivity index (χ4n) is 0.372. The first kappa shape index (κ1) is 14.4. The summed E-state index contributed by atoms with van der Waals surface area (Å²) in [5.74, 6) is -3.65. The molecule has 5 N–H and O–H groups in total. The van der Waals surface area contributed by atoms with Gasteiger partial charge in [-0.25, -0.2) is 9.59 Å². The van der Waals surface area contributed by atoms with Crippen LogP contribution in [0.5, 0.6) is 0 Å². The molecule has 6 heteroatoms. The van der Waals surface area contributed by atoms with Crippen LogP contribution in [0.2, 0.25) is 0 Å². The van der Waals surface area contributed by atoms with E-state index in [1.54, 1.807) is 6.92 Å². The summed E-state index contributed by atoms with van der Waals surface area (Å²) in [5, 5.41) is 23.6. The van der Waals surface area contributed by atoms with Gasteiger partial charge in [-0.2, -0.15) is 0 Å². The van der Waals surface area contributed by atoms with Crippen molar-refractivity contribution in [2.45, 2.75) is 32.4 Å². The van der Waals surface area contributed by atoms with E-state index < -0.39 is 11.9 Å². The van der Waals surface area contributed by atoms with Gasteiger partial charge in [0.15, 0.2) is 0 Å². The third-order valence-electron chi connectivity index (χ3n) is 1.21. The summed E-state index contributed by atoms with van der Waals surface area (Å²) in [6.45, 7) is 3.71. The quantitative estimate of drug-likeness (QED) is 0.428. The second-order valence-corrected chi connectivity index (χ2v) is 2.45. The number of hydrogen-bond donors (Lipinski definition) is 4. The number of nitrogens with two attached hydrogens (primary N) is 1. The van der Waals surface area contributed by atoms with Gasteiger partial charge < -0.3 is 21.1 Å². The topological polar surface area (TPSA) is 121 Å². The Hall–Kier alpha value is -1.14. The van der Waals surface area contributed by atoms with E-state index in [-0.39, 0.29) is 12.1 Å². The third-order valence-corrected chi connectivity index (χ3v) is 1.21. The smallest absolute Gasteiger partial charge is 0.414 e. The molecular weight excluding hydrogens is 178 g/mol. The van der Waals surface area contributed by atoms with Gasteiger partial charge in [-0.15, -0.1) is 0 Å². The highest BCUT2D eigenvalue weighted by atomic mass is 16.4. The molecule has 2 atom stereocenters. The van der Waals surface area contributed by atoms with Gasteiger partial charge in [0.2, 0.25) is 0 Å². The van der Waals surface area contributed by atoms with Crippen molar-refractivity contribution in [1.82, 2.24) is 0 Å². The summed E-state index contributed by atoms with van der Waals surface area (Å²) in [6.07, 6.45) is 0.428. The fraction of sp³-hybridized carbons (Fsp3) is 0.714. The molecule has 0 aliphatic carbocycles. The standard InChI is InChI=1S/C5H13NO.C2H2O4/c1-3-5(7)4(2)6;3-1(4)2(5)6/h4-5,7H,3,6H2,1-2H3;(H,3,4)(H,5,6). The summed E-state index contributed by atoms with van der Waals surface area (Å²) < 4.78 is 0. The molecule has 0 rings (SSSR count). The second-order valence-electron chi connectivity index (χ2n) is 2.45. The maximum Gasteiger partial charge on any atom is 0.414 e. The van der Waals surface area contributed by atoms with Gasteiger partial charge in [-0.3, -0.25) is 0 Å². The monoisotopic (exact) mass is 193 g/mol. The number of hydrogen-bond acceptors (Lipinski definition) is 4. The molecule has 0 bridgehead atoms. The maximum atomic E-state index is 9.10. The molecule has 0 radical (unpaired) electrons. The van der Waals surface area contributed by atoms with Gasteiger partial charge in [0.25, 0.3) is 0 Å². The first-order valence-corrected chi connectivity index (χ1v) is 3.72. The minimum atomic E-state index is -1.82. The molecule has 6 nitrogen and oxygen atoms in total. The summed E-state index contributed by atoms with van der Waals surface area (Å²) in [7, 11) is 0. The SMILES string of the molecule is CCC(O)C(C)N.O=C(O)C(=O)O. The molecular formula is C7H15NO5. The Morgan fingerprint density at radius 1 is 1.31 bits per heavy atom. The molecule has 0 heterocycles. The predicted molar refractivity (Wildman–Crippen MR) is 45.2 cm³/mol. The second kappa shape index (κ2) is 7.51. The van der Waals surface area contributed by atoms with Crippen LogP contribution in [0.25, 0.3) is 0 Å². The van der Waals surface area contributed by atoms with E-state index in [1.165, 1.54) is 0 Å². The lowest BCUT2D eigenvalue weighted by molar-refractivity contribution is -0.159. The summed E-state index contributed by atoms with van der Waals surface area (Å²) in [4.78, 5) is 18.2. The largest absolute Gasteiger partial charge is 0.473 e. The lowest BCUT2D eigenvalue weighted by Gasteiger charge is -2.09. The average Bonchev–Trinajstić information content (AvgIpc) is 2.03. The number of carbonyl (C=O) groups is 2. The first-order chi connectivity index (χ1) is 5.82. The molecule has 0 aromatic heterocycles. The minimum absolute atomic E-state index is 0.0787. The lowest BCUT2D eigenvalue weighted by Crippen LogP contribution is -2.30. The zero-order valence-electron chi connectivity index (χ0n) is 7.60. The molecule has 0 aliphatic rings. The van der Waals surface area contributed by atoms with Crippen LogP contribution in [0.15, 0.2) is 0 Å². The fourth-order valence-corrected chi connectivity index (χ4v) is 0.372. The van der Waals surface area contributed by atoms with E-state index in [0.29, 0.717) is 0 Å². The highest BCUT2D eigenvalue weighted by Gasteiger charge is 2.04. The number of rotatable bonds is 2. The Morgan fingerprint density at radius 3 is 1.62 bits per heavy atom. The van der Waals surface area contributed by atoms with Crippen molar-refractivity contribution in [3.63, 3.8) is 0 Å². The van der Waals surface area contributed by atoms with Crippen LogP contribution in [0.1, 0.15) is 20.3 Å². The van der Waals surface area contributed by atoms with Gasteiger partial charge in [0.1, 0.15) is 0 Å². The Balaban J connectivity index is 0. The zero-order valence-corrected chi connectivity index (χ0v) is 7.60. The van der Waals surface area contributed by atoms with Crippen molar-refractivity contribution in [2.24, 2.45) is 5.73 Å². The predicted octanol–water partition coefficient (Wildman–Crippen LogP) is -0.740. The van der Waals surface area contributed by atoms with Gasteiger partial charge in [-0.05, 0) is 13.3 Å². The van der Waals surface area contributed by atoms with Crippen molar-refractivity contribution in [2.75, 3.05) is 0 Å². The molecule has 13 heavy (non-hydrogen) atoms. The zero-order chi connectivity index (χ0) is 11.0. The number of carboxylic acid groups (broad SMARTS) is 2. The number of aliphatic hydroxyl groups is 1. The molecule has 0 fully saturated rings. The van der Waals surface area contributed by atoms with Crippen molar-refractivity contribution in [3.05, 3.63) is 0 Å². The molecule has 0 aliphatic heterocycles. The van der Waals surface area contributed by atoms with Crippen LogP contribution < -0.4 is 5.73 Å². The summed E-state index contributed by atoms with van der Waals surface area (Å²) >= 11 is 0. The van der Waals surface area contributed by atoms with Crippen molar-refractivity contribution in [3.8, 4) is 0 Å². The van der Waals surface area contributed by atoms with Crippen LogP contribution in [0.3, 0.4) is 0 Å². The summed E-state index contributed by atoms with van der Waals surface area (Å²) in [5.41, 5.74) is 5.30. The Kier molecular flexibility index (Phi) is 8.31. The van der Waals surface area contributed by atoms with Gasteiger partial charge in [-0.1, -0.05) is 6.92 Å². The molecule has 0 aromatic rings. The summed E-state index contributed by atoms with van der Waals surface area (Å²) in [6, 6.07) is -0.0787. The average molecular weight is 193 g/mol. The molecule has 0 spiro atoms. The van der Waals surface area contributed by atoms with E-state index in [1.807, 2.05) is 6.92 Å². The molecule has 78 valence electrons. The van der Waals surface area contributed by atoms with Gasteiger partial charge in [0, 0.05) is 6.04 Å². The van der Waals surface area contributed by atoms with Gasteiger partial charge >= 0.3 is 11.9 Å². The number of carboxylic acids is 2. The third kappa shape index (κ3) is 10.9. The van der Waals surface area contributed by atoms with Crippen LogP contribution in [0.4, 0.5) is 0 Å². The highest BCUT2D eigenvalue weighted by molar-refractivity contribution is 6.27. The minimum Gasteiger partial charge on any atom is -0.473 e. The van der Waals surface area contributed by atoms with Crippen LogP contribution in [0, 0.1) is 0 Å². The Morgan fingerprint density at radius 2 is 1.62 bits per heavy atom. The first-order valence-electron chi connectivity index (χ1n) is 3.72. The lowest BCUT2D eigenvalue weighted by atomic mass is 10.1. The van der Waals surface area contributed by atoms with Gasteiger partial charge in [0.05, 0.1) is 6.10 Å². The molecule has 0 amide bonds. The molecule has 2 unspecified atom stereocenters. The van der Waals surface area contributed by atoms with Crippen LogP contribution >= 0.6 is 0 Å². The van der Waals surface area contributed by atoms with E-state index in [0.717, 1.165) is 6.42 Å². The Bertz CT molecular complexity index is 156. The van der Waals surface area contributed by atoms with Crippen molar-refractivity contribution < 1.29 is 24.9 Å². The van der Waals surface area contributed by atoms with Crippen molar-refractivity contribution >= 4 is 11.9 Å². The molecule has 0 saturated carbocycles. The normalized spacial score (nSPS) is 13.5. The van der Waals surface area contributed by atoms with E-state index in [2.05, 4.69) is 0 Å². The maximum absolute atomic E-state index is 9.10. The van der Waals surface area contributed by atoms with Crippen molar-refractivity contribution in [1.29, 1.82) is 0 Å². The number of aliphatic hydroxyl groups excluding tert-OH is 1. The highest BCUT2D eigenvalue weighted by Crippen LogP contribution is 1.91. The van der Waals surface area contributed by atoms with E-state index in [9.17, 15) is 0 Å². The van der Waals surface area contributed by atoms with E-state index in [4.69, 9.17) is 30.6 Å². The van der Waals surface area contributed by atoms with Crippen LogP contribution in [-0.4, -0.2) is 39.4 Å². The molecule has 0 saturated heterocycles. The van der Waals surface area contributed by atoms with Crippen LogP contribution in [-0.2, 0) is 9.59 Å². The van der Waals surface area contributed by atoms with E-state index >= 15 is 0 Å². The number of aliphatic carboxylic acids is 2. The molecule has 0 aromatic carbocycles. The Labute approximate surface area is 76.0 Å².